The van der Waals surface area contributed by atoms with Crippen LogP contribution in [0, 0.1) is 0 Å². The summed E-state index contributed by atoms with van der Waals surface area (Å²) < 4.78 is 1.60. The van der Waals surface area contributed by atoms with Gasteiger partial charge in [-0.2, -0.15) is 0 Å². The fraction of sp³-hybridized carbons (Fsp3) is 0.0833. The van der Waals surface area contributed by atoms with Crippen molar-refractivity contribution in [3.63, 3.8) is 0 Å². The predicted molar refractivity (Wildman–Crippen MR) is 163 cm³/mol. The number of hydrogen-bond donors (Lipinski definition) is 0. The van der Waals surface area contributed by atoms with E-state index in [1.54, 1.807) is 33.2 Å². The number of fused-ring (bicyclic) bond motifs is 3. The first-order valence-corrected chi connectivity index (χ1v) is 16.8. The molecule has 0 fully saturated rings. The van der Waals surface area contributed by atoms with Crippen LogP contribution in [0.15, 0.2) is 142 Å². The third-order valence-electron chi connectivity index (χ3n) is 6.96. The van der Waals surface area contributed by atoms with Crippen LogP contribution in [-0.2, 0) is 24.7 Å². The Hall–Kier alpha value is -3.19. The summed E-state index contributed by atoms with van der Waals surface area (Å²) in [5.41, 5.74) is 9.77. The average Bonchev–Trinajstić information content (AvgIpc) is 3.50. The second-order valence-corrected chi connectivity index (χ2v) is 13.5. The Balaban J connectivity index is 0.000000163. The Bertz CT molecular complexity index is 1470. The molecule has 0 unspecified atom stereocenters. The van der Waals surface area contributed by atoms with E-state index in [0.29, 0.717) is 5.92 Å². The van der Waals surface area contributed by atoms with Crippen LogP contribution in [0.2, 0.25) is 13.1 Å². The fourth-order valence-electron chi connectivity index (χ4n) is 5.10. The van der Waals surface area contributed by atoms with Crippen LogP contribution in [0.5, 0.6) is 0 Å². The number of allylic oxidation sites excluding steroid dienone is 6. The molecule has 0 amide bonds. The summed E-state index contributed by atoms with van der Waals surface area (Å²) in [6.45, 7) is 4.79. The quantitative estimate of drug-likeness (QED) is 0.166. The van der Waals surface area contributed by atoms with Crippen molar-refractivity contribution in [1.29, 1.82) is 0 Å². The Kier molecular flexibility index (Phi) is 8.74. The molecule has 0 bridgehead atoms. The first-order chi connectivity index (χ1) is 18.6. The molecule has 183 valence electrons. The van der Waals surface area contributed by atoms with E-state index in [0.717, 1.165) is 0 Å². The zero-order chi connectivity index (χ0) is 26.3. The molecule has 4 aromatic carbocycles. The summed E-state index contributed by atoms with van der Waals surface area (Å²) in [4.78, 5) is 0. The standard InChI is InChI=1S/C20H17Si.C16H14.Zr/c1-21(2)15-12-11-14(13-15)20-18-9-5-3-7-16(18)17-8-4-6-10-19(17)20;1-3-9-15(10-4-1)13-7-8-14-16-11-5-2-6-12-16;/h3-12,20H,1-2H3;1-14H;. The van der Waals surface area contributed by atoms with Crippen LogP contribution in [0.3, 0.4) is 0 Å². The SMILES string of the molecule is C(C=Cc1ccccc1)=Cc1ccccc1.C[Si](C)=C1C=CC(C2c3ccccc3-c3ccccc32)=[C]1[Zr]. The van der Waals surface area contributed by atoms with Gasteiger partial charge < -0.3 is 0 Å². The summed E-state index contributed by atoms with van der Waals surface area (Å²) >= 11 is 1.55. The zero-order valence-corrected chi connectivity index (χ0v) is 25.4. The third kappa shape index (κ3) is 5.93. The second kappa shape index (κ2) is 12.6. The number of benzene rings is 4. The molecule has 0 heterocycles. The molecule has 0 aromatic heterocycles. The monoisotopic (exact) mass is 581 g/mol. The molecule has 2 aliphatic rings. The van der Waals surface area contributed by atoms with E-state index in [9.17, 15) is 0 Å². The van der Waals surface area contributed by atoms with Gasteiger partial charge in [0.05, 0.1) is 0 Å². The Morgan fingerprint density at radius 3 is 1.47 bits per heavy atom. The minimum atomic E-state index is -0.381. The number of rotatable bonds is 4. The van der Waals surface area contributed by atoms with Gasteiger partial charge in [-0.15, -0.1) is 0 Å². The van der Waals surface area contributed by atoms with Crippen molar-refractivity contribution in [3.8, 4) is 11.1 Å². The Morgan fingerprint density at radius 2 is 1.03 bits per heavy atom. The summed E-state index contributed by atoms with van der Waals surface area (Å²) in [5.74, 6) is 0.428. The molecule has 2 aliphatic carbocycles. The summed E-state index contributed by atoms with van der Waals surface area (Å²) in [6.07, 6.45) is 13.1. The van der Waals surface area contributed by atoms with Crippen molar-refractivity contribution in [2.75, 3.05) is 0 Å². The molecule has 38 heavy (non-hydrogen) atoms. The molecule has 0 saturated heterocycles. The van der Waals surface area contributed by atoms with E-state index in [-0.39, 0.29) is 8.41 Å². The maximum absolute atomic E-state index is 2.40. The zero-order valence-electron chi connectivity index (χ0n) is 21.9. The summed E-state index contributed by atoms with van der Waals surface area (Å²) in [7, 11) is -0.381. The normalized spacial score (nSPS) is 14.1. The van der Waals surface area contributed by atoms with E-state index in [1.165, 1.54) is 39.0 Å². The Morgan fingerprint density at radius 1 is 0.579 bits per heavy atom. The Labute approximate surface area is 243 Å². The number of hydrogen-bond acceptors (Lipinski definition) is 0. The van der Waals surface area contributed by atoms with Crippen molar-refractivity contribution in [1.82, 2.24) is 0 Å². The first-order valence-electron chi connectivity index (χ1n) is 13.1. The van der Waals surface area contributed by atoms with E-state index in [1.807, 2.05) is 36.4 Å². The predicted octanol–water partition coefficient (Wildman–Crippen LogP) is 9.09. The van der Waals surface area contributed by atoms with Crippen molar-refractivity contribution >= 4 is 25.7 Å². The van der Waals surface area contributed by atoms with Gasteiger partial charge in [-0.25, -0.2) is 0 Å². The van der Waals surface area contributed by atoms with Crippen LogP contribution in [0.25, 0.3) is 23.3 Å². The van der Waals surface area contributed by atoms with Gasteiger partial charge in [0.2, 0.25) is 0 Å². The summed E-state index contributed by atoms with van der Waals surface area (Å²) in [5, 5.41) is 1.63. The van der Waals surface area contributed by atoms with Crippen LogP contribution in [0.4, 0.5) is 0 Å². The van der Waals surface area contributed by atoms with Gasteiger partial charge in [-0.1, -0.05) is 85.0 Å². The van der Waals surface area contributed by atoms with Crippen molar-refractivity contribution < 1.29 is 24.7 Å². The van der Waals surface area contributed by atoms with Gasteiger partial charge >= 0.3 is 149 Å². The molecule has 0 aliphatic heterocycles. The third-order valence-corrected chi connectivity index (χ3v) is 10.4. The van der Waals surface area contributed by atoms with E-state index < -0.39 is 0 Å². The molecule has 0 N–H and O–H groups in total. The minimum absolute atomic E-state index is 0.381. The van der Waals surface area contributed by atoms with Crippen LogP contribution < -0.4 is 0 Å². The molecule has 2 heteroatoms. The van der Waals surface area contributed by atoms with Gasteiger partial charge in [-0.05, 0) is 11.1 Å². The molecule has 4 aromatic rings. The molecular formula is C36H31SiZr. The maximum atomic E-state index is 2.40. The first kappa shape index (κ1) is 26.4. The van der Waals surface area contributed by atoms with Crippen LogP contribution in [0.1, 0.15) is 28.2 Å². The summed E-state index contributed by atoms with van der Waals surface area (Å²) in [6, 6.07) is 38.4. The van der Waals surface area contributed by atoms with Crippen molar-refractivity contribution in [3.05, 3.63) is 165 Å². The molecule has 6 rings (SSSR count). The van der Waals surface area contributed by atoms with Gasteiger partial charge in [0.1, 0.15) is 0 Å². The van der Waals surface area contributed by atoms with Crippen molar-refractivity contribution in [2.45, 2.75) is 19.0 Å². The van der Waals surface area contributed by atoms with Crippen LogP contribution in [-0.4, -0.2) is 13.6 Å². The molecular weight excluding hydrogens is 552 g/mol. The van der Waals surface area contributed by atoms with Gasteiger partial charge in [0.15, 0.2) is 0 Å². The van der Waals surface area contributed by atoms with Gasteiger partial charge in [0.25, 0.3) is 0 Å². The van der Waals surface area contributed by atoms with E-state index >= 15 is 0 Å². The van der Waals surface area contributed by atoms with Gasteiger partial charge in [0, 0.05) is 0 Å². The fourth-order valence-corrected chi connectivity index (χ4v) is 8.77. The molecule has 0 radical (unpaired) electrons. The van der Waals surface area contributed by atoms with Crippen LogP contribution >= 0.6 is 0 Å². The van der Waals surface area contributed by atoms with Gasteiger partial charge in [-0.3, -0.25) is 0 Å². The molecule has 0 nitrogen and oxygen atoms in total. The average molecular weight is 583 g/mol. The van der Waals surface area contributed by atoms with E-state index in [2.05, 4.69) is 122 Å². The molecule has 0 atom stereocenters. The van der Waals surface area contributed by atoms with Crippen molar-refractivity contribution in [2.24, 2.45) is 0 Å². The molecule has 0 spiro atoms. The second-order valence-electron chi connectivity index (χ2n) is 9.72. The van der Waals surface area contributed by atoms with E-state index in [4.69, 9.17) is 0 Å². The topological polar surface area (TPSA) is 0 Å². The molecule has 0 saturated carbocycles.